The van der Waals surface area contributed by atoms with Crippen molar-refractivity contribution in [2.75, 3.05) is 0 Å². The van der Waals surface area contributed by atoms with Gasteiger partial charge in [0.15, 0.2) is 11.8 Å². The van der Waals surface area contributed by atoms with Crippen LogP contribution < -0.4 is 5.32 Å². The quantitative estimate of drug-likeness (QED) is 0.229. The molecule has 0 radical (unpaired) electrons. The molecule has 2 saturated heterocycles. The molecule has 2 N–H and O–H groups in total. The van der Waals surface area contributed by atoms with Gasteiger partial charge in [-0.05, 0) is 57.1 Å². The van der Waals surface area contributed by atoms with E-state index in [0.29, 0.717) is 12.0 Å². The zero-order chi connectivity index (χ0) is 21.3. The van der Waals surface area contributed by atoms with Crippen LogP contribution in [0.25, 0.3) is 0 Å². The van der Waals surface area contributed by atoms with E-state index in [0.717, 1.165) is 6.42 Å². The summed E-state index contributed by atoms with van der Waals surface area (Å²) in [6, 6.07) is 0. The zero-order valence-electron chi connectivity index (χ0n) is 18.1. The fraction of sp³-hybridized carbons (Fsp3) is 0.565. The standard InChI is InChI=1S/C23H33NO4/c1-8-17(21(4,5)6)14-15(2)12-10-9-11-13-16(3)18(25)23-19(28-23)22(7,27)24-20(23)26/h8,10,12-14,19,27H,9,11H2,1-7H3,(H,24,26)/b12-10+,15-14+,16-13+,17-8+/t19-,22?,23-/m0/s1. The van der Waals surface area contributed by atoms with E-state index in [9.17, 15) is 14.7 Å². The van der Waals surface area contributed by atoms with Crippen LogP contribution in [0.5, 0.6) is 0 Å². The topological polar surface area (TPSA) is 78.9 Å². The number of allylic oxidation sites excluding steroid dienone is 7. The second kappa shape index (κ2) is 7.80. The van der Waals surface area contributed by atoms with Crippen LogP contribution in [0.2, 0.25) is 0 Å². The van der Waals surface area contributed by atoms with Crippen LogP contribution in [-0.2, 0) is 14.3 Å². The molecule has 154 valence electrons. The molecule has 2 aliphatic rings. The van der Waals surface area contributed by atoms with Crippen molar-refractivity contribution in [2.24, 2.45) is 5.41 Å². The number of amides is 1. The lowest BCUT2D eigenvalue weighted by atomic mass is 9.85. The van der Waals surface area contributed by atoms with Crippen LogP contribution in [0.1, 0.15) is 61.3 Å². The monoisotopic (exact) mass is 387 g/mol. The van der Waals surface area contributed by atoms with Crippen molar-refractivity contribution in [1.29, 1.82) is 0 Å². The Kier molecular flexibility index (Phi) is 6.22. The zero-order valence-corrected chi connectivity index (χ0v) is 18.1. The maximum absolute atomic E-state index is 12.6. The van der Waals surface area contributed by atoms with Gasteiger partial charge >= 0.3 is 0 Å². The first-order valence-electron chi connectivity index (χ1n) is 9.82. The minimum atomic E-state index is -1.53. The average molecular weight is 388 g/mol. The first-order chi connectivity index (χ1) is 12.9. The van der Waals surface area contributed by atoms with Crippen LogP contribution in [0, 0.1) is 5.41 Å². The molecular weight excluding hydrogens is 354 g/mol. The van der Waals surface area contributed by atoms with Gasteiger partial charge in [-0.1, -0.05) is 56.7 Å². The Bertz CT molecular complexity index is 777. The number of ketones is 1. The Morgan fingerprint density at radius 3 is 2.39 bits per heavy atom. The SMILES string of the molecule is C\C=C(/C=C(C)/C=C/CC/C=C(\C)C(=O)[C@]12O[C@H]1C(C)(O)NC2=O)C(C)(C)C. The van der Waals surface area contributed by atoms with Crippen molar-refractivity contribution in [1.82, 2.24) is 5.32 Å². The third kappa shape index (κ3) is 4.36. The summed E-state index contributed by atoms with van der Waals surface area (Å²) < 4.78 is 5.31. The van der Waals surface area contributed by atoms with E-state index in [4.69, 9.17) is 4.74 Å². The minimum Gasteiger partial charge on any atom is -0.368 e. The van der Waals surface area contributed by atoms with E-state index in [-0.39, 0.29) is 11.2 Å². The van der Waals surface area contributed by atoms with Gasteiger partial charge in [0.1, 0.15) is 0 Å². The number of unbranched alkanes of at least 4 members (excludes halogenated alkanes) is 1. The minimum absolute atomic E-state index is 0.114. The molecule has 2 aliphatic heterocycles. The number of hydrogen-bond acceptors (Lipinski definition) is 4. The molecule has 1 amide bonds. The highest BCUT2D eigenvalue weighted by atomic mass is 16.6. The summed E-state index contributed by atoms with van der Waals surface area (Å²) in [5.41, 5.74) is 0.0504. The molecule has 0 aromatic rings. The summed E-state index contributed by atoms with van der Waals surface area (Å²) in [6.45, 7) is 13.8. The summed E-state index contributed by atoms with van der Waals surface area (Å²) in [5, 5.41) is 12.5. The first-order valence-corrected chi connectivity index (χ1v) is 9.82. The van der Waals surface area contributed by atoms with Gasteiger partial charge in [0.2, 0.25) is 11.4 Å². The maximum atomic E-state index is 12.6. The average Bonchev–Trinajstić information content (AvgIpc) is 3.31. The molecular formula is C23H33NO4. The summed E-state index contributed by atoms with van der Waals surface area (Å²) in [5.74, 6) is -0.921. The Hall–Kier alpha value is -1.98. The Labute approximate surface area is 168 Å². The number of epoxide rings is 1. The molecule has 0 aromatic carbocycles. The lowest BCUT2D eigenvalue weighted by Crippen LogP contribution is -2.45. The van der Waals surface area contributed by atoms with E-state index in [1.165, 1.54) is 18.1 Å². The van der Waals surface area contributed by atoms with Crippen LogP contribution in [0.3, 0.4) is 0 Å². The Morgan fingerprint density at radius 1 is 1.29 bits per heavy atom. The van der Waals surface area contributed by atoms with Crippen LogP contribution >= 0.6 is 0 Å². The summed E-state index contributed by atoms with van der Waals surface area (Å²) in [7, 11) is 0. The number of carbonyl (C=O) groups is 2. The van der Waals surface area contributed by atoms with Gasteiger partial charge in [-0.3, -0.25) is 9.59 Å². The van der Waals surface area contributed by atoms with Gasteiger partial charge in [-0.15, -0.1) is 0 Å². The maximum Gasteiger partial charge on any atom is 0.265 e. The molecule has 0 bridgehead atoms. The highest BCUT2D eigenvalue weighted by Gasteiger charge is 2.79. The number of carbonyl (C=O) groups excluding carboxylic acids is 2. The molecule has 2 rings (SSSR count). The van der Waals surface area contributed by atoms with Gasteiger partial charge in [0.25, 0.3) is 5.91 Å². The van der Waals surface area contributed by atoms with Crippen LogP contribution in [0.4, 0.5) is 0 Å². The summed E-state index contributed by atoms with van der Waals surface area (Å²) >= 11 is 0. The number of aliphatic hydroxyl groups is 1. The molecule has 2 fully saturated rings. The van der Waals surface area contributed by atoms with Crippen molar-refractivity contribution in [3.8, 4) is 0 Å². The normalized spacial score (nSPS) is 31.2. The molecule has 5 nitrogen and oxygen atoms in total. The van der Waals surface area contributed by atoms with Crippen molar-refractivity contribution >= 4 is 11.7 Å². The number of morpholine rings is 1. The lowest BCUT2D eigenvalue weighted by Gasteiger charge is -2.20. The summed E-state index contributed by atoms with van der Waals surface area (Å²) in [4.78, 5) is 24.7. The highest BCUT2D eigenvalue weighted by molar-refractivity contribution is 6.21. The van der Waals surface area contributed by atoms with Gasteiger partial charge in [0.05, 0.1) is 0 Å². The number of ether oxygens (including phenoxy) is 1. The lowest BCUT2D eigenvalue weighted by molar-refractivity contribution is -0.137. The van der Waals surface area contributed by atoms with E-state index in [1.807, 2.05) is 6.08 Å². The number of Topliss-reactive ketones (excluding diaryl/α,β-unsaturated/α-hetero) is 1. The third-order valence-electron chi connectivity index (χ3n) is 5.25. The predicted molar refractivity (Wildman–Crippen MR) is 110 cm³/mol. The van der Waals surface area contributed by atoms with Gasteiger partial charge < -0.3 is 15.2 Å². The second-order valence-corrected chi connectivity index (χ2v) is 8.91. The largest absolute Gasteiger partial charge is 0.368 e. The molecule has 0 aromatic heterocycles. The van der Waals surface area contributed by atoms with Crippen molar-refractivity contribution in [3.63, 3.8) is 0 Å². The van der Waals surface area contributed by atoms with Gasteiger partial charge in [-0.2, -0.15) is 0 Å². The molecule has 2 heterocycles. The molecule has 3 atom stereocenters. The number of rotatable bonds is 7. The predicted octanol–water partition coefficient (Wildman–Crippen LogP) is 3.75. The Morgan fingerprint density at radius 2 is 1.93 bits per heavy atom. The molecule has 28 heavy (non-hydrogen) atoms. The van der Waals surface area contributed by atoms with E-state index < -0.39 is 23.3 Å². The van der Waals surface area contributed by atoms with E-state index in [1.54, 1.807) is 6.92 Å². The van der Waals surface area contributed by atoms with E-state index in [2.05, 4.69) is 64.2 Å². The second-order valence-electron chi connectivity index (χ2n) is 8.91. The summed E-state index contributed by atoms with van der Waals surface area (Å²) in [6.07, 6.45) is 11.0. The van der Waals surface area contributed by atoms with Crippen molar-refractivity contribution < 1.29 is 19.4 Å². The van der Waals surface area contributed by atoms with Crippen molar-refractivity contribution in [3.05, 3.63) is 47.1 Å². The number of hydrogen-bond donors (Lipinski definition) is 2. The molecule has 1 unspecified atom stereocenters. The molecule has 0 spiro atoms. The van der Waals surface area contributed by atoms with Gasteiger partial charge in [0, 0.05) is 0 Å². The molecule has 0 aliphatic carbocycles. The van der Waals surface area contributed by atoms with Gasteiger partial charge in [-0.25, -0.2) is 0 Å². The third-order valence-corrected chi connectivity index (χ3v) is 5.25. The molecule has 5 heteroatoms. The van der Waals surface area contributed by atoms with Crippen LogP contribution in [-0.4, -0.2) is 34.2 Å². The fourth-order valence-corrected chi connectivity index (χ4v) is 3.58. The highest BCUT2D eigenvalue weighted by Crippen LogP contribution is 2.49. The Balaban J connectivity index is 1.91. The van der Waals surface area contributed by atoms with E-state index >= 15 is 0 Å². The number of nitrogens with one attached hydrogen (secondary N) is 1. The first kappa shape index (κ1) is 22.3. The molecule has 0 saturated carbocycles. The smallest absolute Gasteiger partial charge is 0.265 e. The number of fused-ring (bicyclic) bond motifs is 1. The van der Waals surface area contributed by atoms with Crippen molar-refractivity contribution in [2.45, 2.75) is 78.7 Å². The fourth-order valence-electron chi connectivity index (χ4n) is 3.58. The van der Waals surface area contributed by atoms with Crippen LogP contribution in [0.15, 0.2) is 47.1 Å².